The predicted molar refractivity (Wildman–Crippen MR) is 82.7 cm³/mol. The van der Waals surface area contributed by atoms with Gasteiger partial charge in [-0.2, -0.15) is 0 Å². The monoisotopic (exact) mass is 339 g/mol. The molecule has 0 saturated carbocycles. The number of nitrogens with one attached hydrogen (secondary N) is 1. The zero-order valence-electron chi connectivity index (χ0n) is 11.6. The number of hydrogen-bond donors (Lipinski definition) is 1. The summed E-state index contributed by atoms with van der Waals surface area (Å²) in [6.07, 6.45) is 4.69. The number of imidazole rings is 1. The Balaban J connectivity index is 2.08. The minimum absolute atomic E-state index is 0.740. The summed E-state index contributed by atoms with van der Waals surface area (Å²) < 4.78 is 13.3. The van der Waals surface area contributed by atoms with Crippen molar-refractivity contribution in [3.05, 3.63) is 35.1 Å². The Morgan fingerprint density at radius 3 is 2.95 bits per heavy atom. The molecule has 0 amide bonds. The first-order valence-electron chi connectivity index (χ1n) is 6.35. The van der Waals surface area contributed by atoms with Crippen LogP contribution in [0.3, 0.4) is 0 Å². The Labute approximate surface area is 127 Å². The third-order valence-electron chi connectivity index (χ3n) is 2.87. The van der Waals surface area contributed by atoms with Gasteiger partial charge < -0.3 is 19.4 Å². The third-order valence-corrected chi connectivity index (χ3v) is 3.53. The second-order valence-corrected chi connectivity index (χ2v) is 5.12. The number of ether oxygens (including phenoxy) is 2. The van der Waals surface area contributed by atoms with Gasteiger partial charge in [0.2, 0.25) is 5.95 Å². The highest BCUT2D eigenvalue weighted by Crippen LogP contribution is 2.29. The van der Waals surface area contributed by atoms with Gasteiger partial charge in [-0.3, -0.25) is 0 Å². The molecular weight excluding hydrogens is 322 g/mol. The van der Waals surface area contributed by atoms with E-state index in [0.29, 0.717) is 0 Å². The summed E-state index contributed by atoms with van der Waals surface area (Å²) in [6, 6.07) is 5.85. The highest BCUT2D eigenvalue weighted by Gasteiger charge is 2.06. The van der Waals surface area contributed by atoms with E-state index in [0.717, 1.165) is 41.4 Å². The van der Waals surface area contributed by atoms with E-state index < -0.39 is 0 Å². The van der Waals surface area contributed by atoms with Crippen LogP contribution >= 0.6 is 15.9 Å². The van der Waals surface area contributed by atoms with E-state index in [1.165, 1.54) is 0 Å². The molecule has 0 fully saturated rings. The number of aryl methyl sites for hydroxylation is 1. The molecule has 0 aliphatic carbocycles. The molecule has 0 spiro atoms. The van der Waals surface area contributed by atoms with Crippen molar-refractivity contribution in [1.29, 1.82) is 0 Å². The molecule has 2 rings (SSSR count). The van der Waals surface area contributed by atoms with Crippen LogP contribution in [0.15, 0.2) is 35.1 Å². The fraction of sp³-hybridized carbons (Fsp3) is 0.357. The van der Waals surface area contributed by atoms with Crippen LogP contribution in [0.5, 0.6) is 5.75 Å². The summed E-state index contributed by atoms with van der Waals surface area (Å²) in [5.41, 5.74) is 0.934. The number of aromatic nitrogens is 2. The van der Waals surface area contributed by atoms with Crippen molar-refractivity contribution in [2.75, 3.05) is 26.1 Å². The number of rotatable bonds is 7. The lowest BCUT2D eigenvalue weighted by molar-refractivity contribution is 0.190. The molecule has 0 radical (unpaired) electrons. The zero-order chi connectivity index (χ0) is 14.4. The molecule has 1 N–H and O–H groups in total. The highest BCUT2D eigenvalue weighted by atomic mass is 79.9. The van der Waals surface area contributed by atoms with Crippen molar-refractivity contribution in [1.82, 2.24) is 9.55 Å². The van der Waals surface area contributed by atoms with E-state index in [1.807, 2.05) is 24.4 Å². The number of methoxy groups -OCH3 is 2. The van der Waals surface area contributed by atoms with Crippen molar-refractivity contribution < 1.29 is 9.47 Å². The Hall–Kier alpha value is -1.53. The summed E-state index contributed by atoms with van der Waals surface area (Å²) >= 11 is 3.44. The standard InChI is InChI=1S/C14H18BrN3O2/c1-19-9-3-7-18-8-6-16-14(18)17-11-4-5-12(15)13(10-11)20-2/h4-6,8,10H,3,7,9H2,1-2H3,(H,16,17). The van der Waals surface area contributed by atoms with Crippen LogP contribution in [0.2, 0.25) is 0 Å². The normalized spacial score (nSPS) is 10.6. The summed E-state index contributed by atoms with van der Waals surface area (Å²) in [5.74, 6) is 1.60. The second-order valence-electron chi connectivity index (χ2n) is 4.26. The van der Waals surface area contributed by atoms with Gasteiger partial charge in [0.25, 0.3) is 0 Å². The van der Waals surface area contributed by atoms with Gasteiger partial charge in [0.05, 0.1) is 11.6 Å². The average molecular weight is 340 g/mol. The molecule has 1 aromatic carbocycles. The number of hydrogen-bond acceptors (Lipinski definition) is 4. The zero-order valence-corrected chi connectivity index (χ0v) is 13.2. The molecule has 1 aromatic heterocycles. The van der Waals surface area contributed by atoms with Crippen LogP contribution in [0.1, 0.15) is 6.42 Å². The molecule has 20 heavy (non-hydrogen) atoms. The Bertz CT molecular complexity index is 557. The molecule has 0 aliphatic rings. The SMILES string of the molecule is COCCCn1ccnc1Nc1ccc(Br)c(OC)c1. The van der Waals surface area contributed by atoms with Crippen molar-refractivity contribution in [3.8, 4) is 5.75 Å². The quantitative estimate of drug-likeness (QED) is 0.785. The summed E-state index contributed by atoms with van der Waals surface area (Å²) in [4.78, 5) is 4.33. The van der Waals surface area contributed by atoms with Gasteiger partial charge in [-0.25, -0.2) is 4.98 Å². The van der Waals surface area contributed by atoms with Gasteiger partial charge >= 0.3 is 0 Å². The van der Waals surface area contributed by atoms with Crippen molar-refractivity contribution >= 4 is 27.6 Å². The lowest BCUT2D eigenvalue weighted by atomic mass is 10.3. The van der Waals surface area contributed by atoms with Crippen LogP contribution < -0.4 is 10.1 Å². The minimum atomic E-state index is 0.740. The third kappa shape index (κ3) is 3.74. The first-order valence-corrected chi connectivity index (χ1v) is 7.14. The molecule has 0 bridgehead atoms. The summed E-state index contributed by atoms with van der Waals surface area (Å²) in [6.45, 7) is 1.60. The van der Waals surface area contributed by atoms with Gasteiger partial charge in [-0.15, -0.1) is 0 Å². The lowest BCUT2D eigenvalue weighted by Crippen LogP contribution is -2.05. The first-order chi connectivity index (χ1) is 9.74. The molecule has 108 valence electrons. The molecule has 0 saturated heterocycles. The molecular formula is C14H18BrN3O2. The van der Waals surface area contributed by atoms with E-state index in [2.05, 4.69) is 30.8 Å². The molecule has 5 nitrogen and oxygen atoms in total. The highest BCUT2D eigenvalue weighted by molar-refractivity contribution is 9.10. The van der Waals surface area contributed by atoms with Crippen LogP contribution in [0, 0.1) is 0 Å². The maximum absolute atomic E-state index is 5.28. The van der Waals surface area contributed by atoms with Crippen molar-refractivity contribution in [2.24, 2.45) is 0 Å². The number of benzene rings is 1. The van der Waals surface area contributed by atoms with E-state index in [-0.39, 0.29) is 0 Å². The second kappa shape index (κ2) is 7.31. The number of nitrogens with zero attached hydrogens (tertiary/aromatic N) is 2. The predicted octanol–water partition coefficient (Wildman–Crippen LogP) is 3.43. The first kappa shape index (κ1) is 14.9. The number of halogens is 1. The molecule has 2 aromatic rings. The molecule has 0 aliphatic heterocycles. The smallest absolute Gasteiger partial charge is 0.207 e. The minimum Gasteiger partial charge on any atom is -0.495 e. The van der Waals surface area contributed by atoms with Crippen LogP contribution in [0.4, 0.5) is 11.6 Å². The Kier molecular flexibility index (Phi) is 5.43. The largest absolute Gasteiger partial charge is 0.495 e. The molecule has 1 heterocycles. The van der Waals surface area contributed by atoms with Crippen LogP contribution in [-0.4, -0.2) is 30.4 Å². The summed E-state index contributed by atoms with van der Waals surface area (Å²) in [5, 5.41) is 3.29. The van der Waals surface area contributed by atoms with Crippen LogP contribution in [-0.2, 0) is 11.3 Å². The van der Waals surface area contributed by atoms with E-state index in [9.17, 15) is 0 Å². The maximum Gasteiger partial charge on any atom is 0.207 e. The lowest BCUT2D eigenvalue weighted by Gasteiger charge is -2.11. The molecule has 0 unspecified atom stereocenters. The fourth-order valence-corrected chi connectivity index (χ4v) is 2.27. The Morgan fingerprint density at radius 1 is 1.35 bits per heavy atom. The van der Waals surface area contributed by atoms with Crippen molar-refractivity contribution in [2.45, 2.75) is 13.0 Å². The van der Waals surface area contributed by atoms with E-state index in [1.54, 1.807) is 20.4 Å². The van der Waals surface area contributed by atoms with Gasteiger partial charge in [0.15, 0.2) is 0 Å². The summed E-state index contributed by atoms with van der Waals surface area (Å²) in [7, 11) is 3.36. The number of anilines is 2. The van der Waals surface area contributed by atoms with Gasteiger partial charge in [0, 0.05) is 44.4 Å². The van der Waals surface area contributed by atoms with Gasteiger partial charge in [-0.1, -0.05) is 0 Å². The fourth-order valence-electron chi connectivity index (χ4n) is 1.86. The maximum atomic E-state index is 5.28. The van der Waals surface area contributed by atoms with E-state index >= 15 is 0 Å². The van der Waals surface area contributed by atoms with Gasteiger partial charge in [0.1, 0.15) is 5.75 Å². The topological polar surface area (TPSA) is 48.3 Å². The van der Waals surface area contributed by atoms with Crippen LogP contribution in [0.25, 0.3) is 0 Å². The van der Waals surface area contributed by atoms with E-state index in [4.69, 9.17) is 9.47 Å². The molecule has 0 atom stereocenters. The Morgan fingerprint density at radius 2 is 2.20 bits per heavy atom. The van der Waals surface area contributed by atoms with Crippen molar-refractivity contribution in [3.63, 3.8) is 0 Å². The average Bonchev–Trinajstić information content (AvgIpc) is 2.88. The van der Waals surface area contributed by atoms with Gasteiger partial charge in [-0.05, 0) is 34.5 Å². The molecule has 6 heteroatoms.